The van der Waals surface area contributed by atoms with Gasteiger partial charge >= 0.3 is 5.97 Å². The fourth-order valence-electron chi connectivity index (χ4n) is 1.30. The minimum atomic E-state index is -0.493. The topological polar surface area (TPSA) is 61.5 Å². The molecule has 1 aliphatic rings. The SMILES string of the molecule is COC(=O)C(N)CSC1CCOCC1. The lowest BCUT2D eigenvalue weighted by Crippen LogP contribution is -2.35. The number of esters is 1. The van der Waals surface area contributed by atoms with Gasteiger partial charge in [-0.2, -0.15) is 11.8 Å². The maximum Gasteiger partial charge on any atom is 0.323 e. The molecule has 0 saturated carbocycles. The summed E-state index contributed by atoms with van der Waals surface area (Å²) in [6, 6.07) is -0.493. The predicted octanol–water partition coefficient (Wildman–Crippen LogP) is 0.399. The number of methoxy groups -OCH3 is 1. The minimum absolute atomic E-state index is 0.329. The standard InChI is InChI=1S/C9H17NO3S/c1-12-9(11)8(10)6-14-7-2-4-13-5-3-7/h7-8H,2-6,10H2,1H3. The second-order valence-corrected chi connectivity index (χ2v) is 4.61. The normalized spacial score (nSPS) is 20.4. The van der Waals surface area contributed by atoms with Crippen molar-refractivity contribution in [2.24, 2.45) is 5.73 Å². The molecule has 5 heteroatoms. The van der Waals surface area contributed by atoms with E-state index in [0.29, 0.717) is 11.0 Å². The van der Waals surface area contributed by atoms with Crippen LogP contribution in [0.15, 0.2) is 0 Å². The van der Waals surface area contributed by atoms with Gasteiger partial charge in [-0.25, -0.2) is 0 Å². The maximum atomic E-state index is 11.0. The van der Waals surface area contributed by atoms with Gasteiger partial charge in [0.25, 0.3) is 0 Å². The molecule has 0 aromatic heterocycles. The van der Waals surface area contributed by atoms with E-state index in [-0.39, 0.29) is 5.97 Å². The van der Waals surface area contributed by atoms with Crippen LogP contribution < -0.4 is 5.73 Å². The fourth-order valence-corrected chi connectivity index (χ4v) is 2.44. The van der Waals surface area contributed by atoms with Crippen molar-refractivity contribution in [2.45, 2.75) is 24.1 Å². The molecule has 0 aromatic rings. The number of hydrogen-bond donors (Lipinski definition) is 1. The summed E-state index contributed by atoms with van der Waals surface area (Å²) in [6.45, 7) is 1.65. The summed E-state index contributed by atoms with van der Waals surface area (Å²) in [5, 5.41) is 0.583. The summed E-state index contributed by atoms with van der Waals surface area (Å²) in [7, 11) is 1.36. The molecule has 0 spiro atoms. The van der Waals surface area contributed by atoms with E-state index >= 15 is 0 Å². The van der Waals surface area contributed by atoms with Gasteiger partial charge in [0.2, 0.25) is 0 Å². The van der Waals surface area contributed by atoms with Gasteiger partial charge < -0.3 is 15.2 Å². The average molecular weight is 219 g/mol. The number of ether oxygens (including phenoxy) is 2. The first-order valence-electron chi connectivity index (χ1n) is 4.76. The molecular weight excluding hydrogens is 202 g/mol. The Bertz CT molecular complexity index is 183. The van der Waals surface area contributed by atoms with Crippen LogP contribution in [0.3, 0.4) is 0 Å². The van der Waals surface area contributed by atoms with Crippen molar-refractivity contribution in [2.75, 3.05) is 26.1 Å². The molecule has 1 fully saturated rings. The van der Waals surface area contributed by atoms with Crippen LogP contribution in [0.5, 0.6) is 0 Å². The molecule has 1 heterocycles. The van der Waals surface area contributed by atoms with Crippen molar-refractivity contribution in [3.63, 3.8) is 0 Å². The third-order valence-electron chi connectivity index (χ3n) is 2.18. The Morgan fingerprint density at radius 3 is 2.86 bits per heavy atom. The zero-order chi connectivity index (χ0) is 10.4. The maximum absolute atomic E-state index is 11.0. The van der Waals surface area contributed by atoms with Gasteiger partial charge in [0.05, 0.1) is 7.11 Å². The van der Waals surface area contributed by atoms with E-state index in [0.717, 1.165) is 26.1 Å². The number of carbonyl (C=O) groups excluding carboxylic acids is 1. The van der Waals surface area contributed by atoms with Gasteiger partial charge in [-0.15, -0.1) is 0 Å². The van der Waals surface area contributed by atoms with Crippen LogP contribution in [-0.2, 0) is 14.3 Å². The zero-order valence-corrected chi connectivity index (χ0v) is 9.22. The highest BCUT2D eigenvalue weighted by atomic mass is 32.2. The van der Waals surface area contributed by atoms with Crippen LogP contribution in [0.25, 0.3) is 0 Å². The van der Waals surface area contributed by atoms with Crippen LogP contribution >= 0.6 is 11.8 Å². The van der Waals surface area contributed by atoms with Crippen LogP contribution in [0.2, 0.25) is 0 Å². The molecule has 0 aromatic carbocycles. The van der Waals surface area contributed by atoms with Crippen LogP contribution in [0.4, 0.5) is 0 Å². The van der Waals surface area contributed by atoms with Crippen molar-refractivity contribution in [1.29, 1.82) is 0 Å². The molecule has 0 aliphatic carbocycles. The van der Waals surface area contributed by atoms with E-state index < -0.39 is 6.04 Å². The Morgan fingerprint density at radius 1 is 1.64 bits per heavy atom. The lowest BCUT2D eigenvalue weighted by atomic mass is 10.2. The summed E-state index contributed by atoms with van der Waals surface area (Å²) in [5.74, 6) is 0.307. The van der Waals surface area contributed by atoms with E-state index in [1.54, 1.807) is 11.8 Å². The van der Waals surface area contributed by atoms with Crippen molar-refractivity contribution < 1.29 is 14.3 Å². The molecule has 1 atom stereocenters. The number of thioether (sulfide) groups is 1. The van der Waals surface area contributed by atoms with Gasteiger partial charge in [-0.3, -0.25) is 4.79 Å². The monoisotopic (exact) mass is 219 g/mol. The predicted molar refractivity (Wildman–Crippen MR) is 56.3 cm³/mol. The van der Waals surface area contributed by atoms with Gasteiger partial charge in [0.15, 0.2) is 0 Å². The van der Waals surface area contributed by atoms with E-state index in [1.807, 2.05) is 0 Å². The lowest BCUT2D eigenvalue weighted by molar-refractivity contribution is -0.141. The van der Waals surface area contributed by atoms with Crippen molar-refractivity contribution in [3.05, 3.63) is 0 Å². The smallest absolute Gasteiger partial charge is 0.323 e. The zero-order valence-electron chi connectivity index (χ0n) is 8.40. The van der Waals surface area contributed by atoms with Gasteiger partial charge in [0.1, 0.15) is 6.04 Å². The summed E-state index contributed by atoms with van der Waals surface area (Å²) in [4.78, 5) is 11.0. The average Bonchev–Trinajstić information content (AvgIpc) is 2.26. The Kier molecular flexibility index (Phi) is 5.29. The fraction of sp³-hybridized carbons (Fsp3) is 0.889. The molecule has 14 heavy (non-hydrogen) atoms. The molecule has 1 unspecified atom stereocenters. The van der Waals surface area contributed by atoms with E-state index in [1.165, 1.54) is 7.11 Å². The lowest BCUT2D eigenvalue weighted by Gasteiger charge is -2.22. The molecule has 1 aliphatic heterocycles. The largest absolute Gasteiger partial charge is 0.468 e. The number of carbonyl (C=O) groups is 1. The molecule has 0 amide bonds. The van der Waals surface area contributed by atoms with Crippen LogP contribution in [-0.4, -0.2) is 43.3 Å². The quantitative estimate of drug-likeness (QED) is 0.693. The number of hydrogen-bond acceptors (Lipinski definition) is 5. The Hall–Kier alpha value is -0.260. The number of rotatable bonds is 4. The van der Waals surface area contributed by atoms with Crippen molar-refractivity contribution in [1.82, 2.24) is 0 Å². The highest BCUT2D eigenvalue weighted by Gasteiger charge is 2.19. The van der Waals surface area contributed by atoms with Gasteiger partial charge in [-0.1, -0.05) is 0 Å². The summed E-state index contributed by atoms with van der Waals surface area (Å²) < 4.78 is 9.79. The van der Waals surface area contributed by atoms with Gasteiger partial charge in [0, 0.05) is 24.2 Å². The summed E-state index contributed by atoms with van der Waals surface area (Å²) >= 11 is 1.74. The van der Waals surface area contributed by atoms with Crippen molar-refractivity contribution in [3.8, 4) is 0 Å². The number of nitrogens with two attached hydrogens (primary N) is 1. The molecule has 0 radical (unpaired) electrons. The van der Waals surface area contributed by atoms with E-state index in [2.05, 4.69) is 4.74 Å². The first-order chi connectivity index (χ1) is 6.74. The highest BCUT2D eigenvalue weighted by Crippen LogP contribution is 2.22. The first kappa shape index (κ1) is 11.8. The Labute approximate surface area is 88.5 Å². The van der Waals surface area contributed by atoms with Crippen LogP contribution in [0, 0.1) is 0 Å². The minimum Gasteiger partial charge on any atom is -0.468 e. The summed E-state index contributed by atoms with van der Waals surface area (Å²) in [6.07, 6.45) is 2.11. The molecule has 0 bridgehead atoms. The summed E-state index contributed by atoms with van der Waals surface area (Å²) in [5.41, 5.74) is 5.62. The van der Waals surface area contributed by atoms with Crippen molar-refractivity contribution >= 4 is 17.7 Å². The van der Waals surface area contributed by atoms with E-state index in [9.17, 15) is 4.79 Å². The first-order valence-corrected chi connectivity index (χ1v) is 5.81. The second-order valence-electron chi connectivity index (χ2n) is 3.27. The van der Waals surface area contributed by atoms with Crippen LogP contribution in [0.1, 0.15) is 12.8 Å². The Morgan fingerprint density at radius 2 is 2.29 bits per heavy atom. The highest BCUT2D eigenvalue weighted by molar-refractivity contribution is 7.99. The van der Waals surface area contributed by atoms with Gasteiger partial charge in [-0.05, 0) is 12.8 Å². The molecule has 1 rings (SSSR count). The third kappa shape index (κ3) is 3.86. The molecular formula is C9H17NO3S. The molecule has 4 nitrogen and oxygen atoms in total. The third-order valence-corrected chi connectivity index (χ3v) is 3.68. The molecule has 2 N–H and O–H groups in total. The molecule has 1 saturated heterocycles. The Balaban J connectivity index is 2.15. The molecule has 82 valence electrons. The second kappa shape index (κ2) is 6.27. The van der Waals surface area contributed by atoms with E-state index in [4.69, 9.17) is 10.5 Å².